The number of benzene rings is 1. The van der Waals surface area contributed by atoms with Crippen molar-refractivity contribution in [3.05, 3.63) is 29.1 Å². The molecule has 0 saturated carbocycles. The van der Waals surface area contributed by atoms with Gasteiger partial charge in [-0.3, -0.25) is 0 Å². The fraction of sp³-hybridized carbons (Fsp3) is 0.364. The minimum Gasteiger partial charge on any atom is -0.494 e. The van der Waals surface area contributed by atoms with E-state index < -0.39 is 17.9 Å². The number of methoxy groups -OCH3 is 2. The molecule has 0 radical (unpaired) electrons. The highest BCUT2D eigenvalue weighted by Gasteiger charge is 2.20. The first-order valence-corrected chi connectivity index (χ1v) is 4.61. The predicted octanol–water partition coefficient (Wildman–Crippen LogP) is 1.35. The third kappa shape index (κ3) is 2.30. The third-order valence-electron chi connectivity index (χ3n) is 2.20. The zero-order chi connectivity index (χ0) is 12.3. The van der Waals surface area contributed by atoms with E-state index in [-0.39, 0.29) is 16.9 Å². The first-order chi connectivity index (χ1) is 7.51. The molecule has 1 unspecified atom stereocenters. The molecule has 1 N–H and O–H groups in total. The standard InChI is InChI=1S/C11H13FO4/c1-6-4-7(10(13)11(14)16-3)5-8(15-2)9(6)12/h4-5,10,13H,1-3H3. The molecule has 0 spiro atoms. The lowest BCUT2D eigenvalue weighted by Crippen LogP contribution is -2.14. The summed E-state index contributed by atoms with van der Waals surface area (Å²) in [6.07, 6.45) is -1.43. The maximum absolute atomic E-state index is 13.4. The molecule has 0 aromatic heterocycles. The van der Waals surface area contributed by atoms with Gasteiger partial charge in [0.2, 0.25) is 0 Å². The van der Waals surface area contributed by atoms with Gasteiger partial charge in [-0.15, -0.1) is 0 Å². The lowest BCUT2D eigenvalue weighted by atomic mass is 10.1. The Morgan fingerprint density at radius 3 is 2.56 bits per heavy atom. The van der Waals surface area contributed by atoms with Gasteiger partial charge in [-0.2, -0.15) is 0 Å². The van der Waals surface area contributed by atoms with Crippen molar-refractivity contribution in [3.63, 3.8) is 0 Å². The molecule has 4 nitrogen and oxygen atoms in total. The summed E-state index contributed by atoms with van der Waals surface area (Å²) >= 11 is 0. The van der Waals surface area contributed by atoms with E-state index in [1.165, 1.54) is 33.3 Å². The molecule has 0 bridgehead atoms. The van der Waals surface area contributed by atoms with Gasteiger partial charge in [0, 0.05) is 0 Å². The molecule has 0 heterocycles. The summed E-state index contributed by atoms with van der Waals surface area (Å²) in [5, 5.41) is 9.57. The number of esters is 1. The molecule has 0 aliphatic heterocycles. The Morgan fingerprint density at radius 1 is 1.44 bits per heavy atom. The number of aliphatic hydroxyl groups excluding tert-OH is 1. The number of rotatable bonds is 3. The quantitative estimate of drug-likeness (QED) is 0.793. The van der Waals surface area contributed by atoms with Gasteiger partial charge in [-0.1, -0.05) is 0 Å². The van der Waals surface area contributed by atoms with Crippen molar-refractivity contribution >= 4 is 5.97 Å². The largest absolute Gasteiger partial charge is 0.494 e. The van der Waals surface area contributed by atoms with E-state index in [4.69, 9.17) is 4.74 Å². The SMILES string of the molecule is COC(=O)C(O)c1cc(C)c(F)c(OC)c1. The van der Waals surface area contributed by atoms with E-state index >= 15 is 0 Å². The molecule has 0 fully saturated rings. The van der Waals surface area contributed by atoms with Crippen LogP contribution in [0.5, 0.6) is 5.75 Å². The monoisotopic (exact) mass is 228 g/mol. The van der Waals surface area contributed by atoms with Gasteiger partial charge in [0.25, 0.3) is 0 Å². The molecular formula is C11H13FO4. The van der Waals surface area contributed by atoms with Crippen molar-refractivity contribution in [1.29, 1.82) is 0 Å². The van der Waals surface area contributed by atoms with Crippen LogP contribution in [0.15, 0.2) is 12.1 Å². The van der Waals surface area contributed by atoms with Gasteiger partial charge < -0.3 is 14.6 Å². The summed E-state index contributed by atoms with van der Waals surface area (Å²) in [5.41, 5.74) is 0.528. The molecule has 5 heteroatoms. The predicted molar refractivity (Wildman–Crippen MR) is 54.7 cm³/mol. The van der Waals surface area contributed by atoms with Gasteiger partial charge >= 0.3 is 5.97 Å². The molecule has 1 atom stereocenters. The maximum Gasteiger partial charge on any atom is 0.339 e. The number of aryl methyl sites for hydroxylation is 1. The van der Waals surface area contributed by atoms with Gasteiger partial charge in [0.05, 0.1) is 14.2 Å². The summed E-state index contributed by atoms with van der Waals surface area (Å²) in [7, 11) is 2.48. The van der Waals surface area contributed by atoms with Crippen LogP contribution in [0.1, 0.15) is 17.2 Å². The van der Waals surface area contributed by atoms with Crippen molar-refractivity contribution in [2.45, 2.75) is 13.0 Å². The topological polar surface area (TPSA) is 55.8 Å². The highest BCUT2D eigenvalue weighted by molar-refractivity contribution is 5.76. The van der Waals surface area contributed by atoms with Gasteiger partial charge in [0.1, 0.15) is 0 Å². The Morgan fingerprint density at radius 2 is 2.06 bits per heavy atom. The molecule has 0 saturated heterocycles. The smallest absolute Gasteiger partial charge is 0.339 e. The van der Waals surface area contributed by atoms with Crippen molar-refractivity contribution in [2.75, 3.05) is 14.2 Å². The second-order valence-electron chi connectivity index (χ2n) is 3.28. The van der Waals surface area contributed by atoms with E-state index in [0.29, 0.717) is 0 Å². The van der Waals surface area contributed by atoms with Crippen molar-refractivity contribution in [2.24, 2.45) is 0 Å². The van der Waals surface area contributed by atoms with E-state index in [2.05, 4.69) is 4.74 Å². The summed E-state index contributed by atoms with van der Waals surface area (Å²) in [4.78, 5) is 11.1. The van der Waals surface area contributed by atoms with Crippen molar-refractivity contribution < 1.29 is 23.8 Å². The zero-order valence-corrected chi connectivity index (χ0v) is 9.28. The first kappa shape index (κ1) is 12.4. The number of hydrogen-bond acceptors (Lipinski definition) is 4. The lowest BCUT2D eigenvalue weighted by molar-refractivity contribution is -0.150. The van der Waals surface area contributed by atoms with Crippen LogP contribution in [0.4, 0.5) is 4.39 Å². The molecule has 16 heavy (non-hydrogen) atoms. The minimum atomic E-state index is -1.43. The third-order valence-corrected chi connectivity index (χ3v) is 2.20. The van der Waals surface area contributed by atoms with Crippen LogP contribution in [0.2, 0.25) is 0 Å². The lowest BCUT2D eigenvalue weighted by Gasteiger charge is -2.12. The summed E-state index contributed by atoms with van der Waals surface area (Å²) < 4.78 is 22.6. The van der Waals surface area contributed by atoms with Gasteiger partial charge in [-0.25, -0.2) is 9.18 Å². The van der Waals surface area contributed by atoms with Crippen LogP contribution >= 0.6 is 0 Å². The highest BCUT2D eigenvalue weighted by Crippen LogP contribution is 2.26. The summed E-state index contributed by atoms with van der Waals surface area (Å²) in [6, 6.07) is 2.64. The van der Waals surface area contributed by atoms with Crippen LogP contribution in [0.25, 0.3) is 0 Å². The number of carbonyl (C=O) groups is 1. The molecule has 1 aromatic carbocycles. The van der Waals surface area contributed by atoms with Gasteiger partial charge in [-0.05, 0) is 30.2 Å². The van der Waals surface area contributed by atoms with Gasteiger partial charge in [0.15, 0.2) is 17.7 Å². The summed E-state index contributed by atoms with van der Waals surface area (Å²) in [5.74, 6) is -1.32. The highest BCUT2D eigenvalue weighted by atomic mass is 19.1. The number of ether oxygens (including phenoxy) is 2. The molecule has 1 rings (SSSR count). The summed E-state index contributed by atoms with van der Waals surface area (Å²) in [6.45, 7) is 1.52. The van der Waals surface area contributed by atoms with Crippen LogP contribution in [0, 0.1) is 12.7 Å². The van der Waals surface area contributed by atoms with Crippen LogP contribution in [-0.2, 0) is 9.53 Å². The Hall–Kier alpha value is -1.62. The number of carbonyl (C=O) groups excluding carboxylic acids is 1. The number of halogens is 1. The number of aliphatic hydroxyl groups is 1. The van der Waals surface area contributed by atoms with E-state index in [0.717, 1.165) is 0 Å². The van der Waals surface area contributed by atoms with Crippen LogP contribution in [0.3, 0.4) is 0 Å². The number of hydrogen-bond donors (Lipinski definition) is 1. The Labute approximate surface area is 92.6 Å². The normalized spacial score (nSPS) is 12.1. The Bertz CT molecular complexity index is 403. The maximum atomic E-state index is 13.4. The Balaban J connectivity index is 3.16. The molecular weight excluding hydrogens is 215 g/mol. The molecule has 1 aromatic rings. The minimum absolute atomic E-state index is 0.0158. The molecule has 0 amide bonds. The van der Waals surface area contributed by atoms with Crippen molar-refractivity contribution in [1.82, 2.24) is 0 Å². The molecule has 0 aliphatic rings. The van der Waals surface area contributed by atoms with E-state index in [1.807, 2.05) is 0 Å². The van der Waals surface area contributed by atoms with E-state index in [9.17, 15) is 14.3 Å². The van der Waals surface area contributed by atoms with Crippen LogP contribution in [-0.4, -0.2) is 25.3 Å². The first-order valence-electron chi connectivity index (χ1n) is 4.61. The average molecular weight is 228 g/mol. The second-order valence-corrected chi connectivity index (χ2v) is 3.28. The average Bonchev–Trinajstić information content (AvgIpc) is 2.30. The molecule has 0 aliphatic carbocycles. The van der Waals surface area contributed by atoms with E-state index in [1.54, 1.807) is 0 Å². The van der Waals surface area contributed by atoms with Crippen LogP contribution < -0.4 is 4.74 Å². The van der Waals surface area contributed by atoms with Crippen molar-refractivity contribution in [3.8, 4) is 5.75 Å². The zero-order valence-electron chi connectivity index (χ0n) is 9.28. The fourth-order valence-electron chi connectivity index (χ4n) is 1.32. The molecule has 88 valence electrons. The Kier molecular flexibility index (Phi) is 3.84. The second kappa shape index (κ2) is 4.94. The fourth-order valence-corrected chi connectivity index (χ4v) is 1.32.